The molecule has 2 heterocycles. The average molecular weight is 313 g/mol. The number of hydrogen-bond acceptors (Lipinski definition) is 4. The third-order valence-electron chi connectivity index (χ3n) is 3.22. The molecule has 0 spiro atoms. The number of nitrogens with zero attached hydrogens (tertiary/aromatic N) is 2. The number of pyridine rings is 1. The first kappa shape index (κ1) is 14.7. The molecular weight excluding hydrogens is 301 g/mol. The van der Waals surface area contributed by atoms with Crippen molar-refractivity contribution >= 4 is 6.09 Å². The van der Waals surface area contributed by atoms with Gasteiger partial charge >= 0.3 is 6.09 Å². The van der Waals surface area contributed by atoms with Crippen LogP contribution in [0.15, 0.2) is 53.4 Å². The summed E-state index contributed by atoms with van der Waals surface area (Å²) in [7, 11) is 0. The van der Waals surface area contributed by atoms with E-state index >= 15 is 0 Å². The number of nitrogens with one attached hydrogen (secondary N) is 1. The zero-order chi connectivity index (χ0) is 16.2. The molecule has 2 N–H and O–H groups in total. The summed E-state index contributed by atoms with van der Waals surface area (Å²) < 4.78 is 18.3. The minimum atomic E-state index is -1.15. The second-order valence-electron chi connectivity index (χ2n) is 4.72. The van der Waals surface area contributed by atoms with Crippen molar-refractivity contribution < 1.29 is 18.7 Å². The Morgan fingerprint density at radius 2 is 2.00 bits per heavy atom. The molecule has 3 aromatic rings. The summed E-state index contributed by atoms with van der Waals surface area (Å²) in [6.45, 7) is 0.0245. The quantitative estimate of drug-likeness (QED) is 0.771. The third kappa shape index (κ3) is 3.34. The average Bonchev–Trinajstić information content (AvgIpc) is 3.08. The van der Waals surface area contributed by atoms with Crippen molar-refractivity contribution in [2.45, 2.75) is 6.54 Å². The van der Waals surface area contributed by atoms with Crippen LogP contribution in [0.4, 0.5) is 9.18 Å². The summed E-state index contributed by atoms with van der Waals surface area (Å²) in [5.74, 6) is 0.0144. The van der Waals surface area contributed by atoms with Gasteiger partial charge in [-0.1, -0.05) is 12.1 Å². The molecule has 0 unspecified atom stereocenters. The molecule has 0 aliphatic rings. The lowest BCUT2D eigenvalue weighted by Crippen LogP contribution is -2.21. The SMILES string of the molecule is O=C(O)NCc1ncc(-c2ccc(F)cc2)cc1-c1ncco1. The van der Waals surface area contributed by atoms with Crippen LogP contribution < -0.4 is 5.32 Å². The van der Waals surface area contributed by atoms with Gasteiger partial charge in [-0.05, 0) is 23.8 Å². The number of rotatable bonds is 4. The van der Waals surface area contributed by atoms with Crippen LogP contribution in [-0.4, -0.2) is 21.2 Å². The Morgan fingerprint density at radius 3 is 2.65 bits per heavy atom. The van der Waals surface area contributed by atoms with Gasteiger partial charge < -0.3 is 14.8 Å². The molecule has 6 nitrogen and oxygen atoms in total. The molecule has 116 valence electrons. The summed E-state index contributed by atoms with van der Waals surface area (Å²) in [5.41, 5.74) is 2.59. The summed E-state index contributed by atoms with van der Waals surface area (Å²) in [5, 5.41) is 11.0. The predicted molar refractivity (Wildman–Crippen MR) is 80.0 cm³/mol. The first-order chi connectivity index (χ1) is 11.1. The first-order valence-electron chi connectivity index (χ1n) is 6.75. The second kappa shape index (κ2) is 6.27. The Kier molecular flexibility index (Phi) is 4.01. The highest BCUT2D eigenvalue weighted by Gasteiger charge is 2.13. The van der Waals surface area contributed by atoms with Gasteiger partial charge in [-0.25, -0.2) is 14.2 Å². The Bertz CT molecular complexity index is 817. The van der Waals surface area contributed by atoms with Gasteiger partial charge in [0.25, 0.3) is 0 Å². The fourth-order valence-electron chi connectivity index (χ4n) is 2.14. The summed E-state index contributed by atoms with van der Waals surface area (Å²) in [6, 6.07) is 7.78. The van der Waals surface area contributed by atoms with E-state index in [0.717, 1.165) is 11.1 Å². The van der Waals surface area contributed by atoms with Gasteiger partial charge in [0.15, 0.2) is 0 Å². The zero-order valence-corrected chi connectivity index (χ0v) is 11.9. The van der Waals surface area contributed by atoms with Crippen molar-refractivity contribution in [3.63, 3.8) is 0 Å². The molecule has 23 heavy (non-hydrogen) atoms. The van der Waals surface area contributed by atoms with Crippen LogP contribution in [0.25, 0.3) is 22.6 Å². The molecule has 7 heteroatoms. The lowest BCUT2D eigenvalue weighted by molar-refractivity contribution is 0.194. The minimum Gasteiger partial charge on any atom is -0.465 e. The van der Waals surface area contributed by atoms with Crippen LogP contribution in [0.2, 0.25) is 0 Å². The number of amides is 1. The molecular formula is C16H12FN3O3. The fourth-order valence-corrected chi connectivity index (χ4v) is 2.14. The van der Waals surface area contributed by atoms with E-state index in [0.29, 0.717) is 17.1 Å². The highest BCUT2D eigenvalue weighted by molar-refractivity contribution is 5.71. The van der Waals surface area contributed by atoms with Gasteiger partial charge in [0.05, 0.1) is 24.0 Å². The lowest BCUT2D eigenvalue weighted by Gasteiger charge is -2.09. The zero-order valence-electron chi connectivity index (χ0n) is 11.9. The Hall–Kier alpha value is -3.22. The Labute approximate surface area is 130 Å². The fraction of sp³-hybridized carbons (Fsp3) is 0.0625. The van der Waals surface area contributed by atoms with Gasteiger partial charge in [0.2, 0.25) is 5.89 Å². The van der Waals surface area contributed by atoms with E-state index in [4.69, 9.17) is 9.52 Å². The Morgan fingerprint density at radius 1 is 1.22 bits per heavy atom. The molecule has 0 saturated carbocycles. The van der Waals surface area contributed by atoms with E-state index < -0.39 is 6.09 Å². The number of halogens is 1. The van der Waals surface area contributed by atoms with Gasteiger partial charge in [-0.3, -0.25) is 4.98 Å². The van der Waals surface area contributed by atoms with Gasteiger partial charge in [-0.2, -0.15) is 0 Å². The molecule has 1 amide bonds. The Balaban J connectivity index is 2.02. The van der Waals surface area contributed by atoms with Gasteiger partial charge in [-0.15, -0.1) is 0 Å². The van der Waals surface area contributed by atoms with Crippen LogP contribution in [0.5, 0.6) is 0 Å². The first-order valence-corrected chi connectivity index (χ1v) is 6.75. The summed E-state index contributed by atoms with van der Waals surface area (Å²) >= 11 is 0. The molecule has 0 atom stereocenters. The topological polar surface area (TPSA) is 88.2 Å². The maximum Gasteiger partial charge on any atom is 0.404 e. The highest BCUT2D eigenvalue weighted by atomic mass is 19.1. The number of aromatic nitrogens is 2. The highest BCUT2D eigenvalue weighted by Crippen LogP contribution is 2.27. The monoisotopic (exact) mass is 313 g/mol. The van der Waals surface area contributed by atoms with E-state index in [-0.39, 0.29) is 12.4 Å². The van der Waals surface area contributed by atoms with Crippen LogP contribution in [0.3, 0.4) is 0 Å². The van der Waals surface area contributed by atoms with E-state index in [2.05, 4.69) is 15.3 Å². The number of oxazole rings is 1. The smallest absolute Gasteiger partial charge is 0.404 e. The number of carboxylic acid groups (broad SMARTS) is 1. The minimum absolute atomic E-state index is 0.0245. The number of hydrogen-bond donors (Lipinski definition) is 2. The molecule has 0 radical (unpaired) electrons. The molecule has 3 rings (SSSR count). The molecule has 0 fully saturated rings. The molecule has 0 aliphatic carbocycles. The number of carbonyl (C=O) groups is 1. The maximum absolute atomic E-state index is 13.0. The van der Waals surface area contributed by atoms with E-state index in [9.17, 15) is 9.18 Å². The predicted octanol–water partition coefficient (Wildman–Crippen LogP) is 3.31. The van der Waals surface area contributed by atoms with Crippen LogP contribution in [0, 0.1) is 5.82 Å². The van der Waals surface area contributed by atoms with E-state index in [1.807, 2.05) is 0 Å². The van der Waals surface area contributed by atoms with Gasteiger partial charge in [0, 0.05) is 11.8 Å². The maximum atomic E-state index is 13.0. The third-order valence-corrected chi connectivity index (χ3v) is 3.22. The van der Waals surface area contributed by atoms with Crippen molar-refractivity contribution in [2.75, 3.05) is 0 Å². The van der Waals surface area contributed by atoms with Crippen molar-refractivity contribution in [3.8, 4) is 22.6 Å². The molecule has 1 aromatic carbocycles. The van der Waals surface area contributed by atoms with Crippen LogP contribution >= 0.6 is 0 Å². The van der Waals surface area contributed by atoms with Crippen molar-refractivity contribution in [1.82, 2.24) is 15.3 Å². The van der Waals surface area contributed by atoms with Gasteiger partial charge in [0.1, 0.15) is 12.1 Å². The number of benzene rings is 1. The normalized spacial score (nSPS) is 10.5. The van der Waals surface area contributed by atoms with Crippen molar-refractivity contribution in [2.24, 2.45) is 0 Å². The molecule has 0 saturated heterocycles. The molecule has 0 bridgehead atoms. The van der Waals surface area contributed by atoms with E-state index in [1.54, 1.807) is 24.4 Å². The van der Waals surface area contributed by atoms with E-state index in [1.165, 1.54) is 24.6 Å². The van der Waals surface area contributed by atoms with Crippen molar-refractivity contribution in [1.29, 1.82) is 0 Å². The summed E-state index contributed by atoms with van der Waals surface area (Å²) in [6.07, 6.45) is 3.37. The molecule has 2 aromatic heterocycles. The van der Waals surface area contributed by atoms with Crippen LogP contribution in [0.1, 0.15) is 5.69 Å². The standard InChI is InChI=1S/C16H12FN3O3/c17-12-3-1-10(2-4-12)11-7-13(15-18-5-6-23-15)14(19-8-11)9-20-16(21)22/h1-8,20H,9H2,(H,21,22). The second-order valence-corrected chi connectivity index (χ2v) is 4.72. The lowest BCUT2D eigenvalue weighted by atomic mass is 10.0. The molecule has 0 aliphatic heterocycles. The largest absolute Gasteiger partial charge is 0.465 e. The van der Waals surface area contributed by atoms with Crippen LogP contribution in [-0.2, 0) is 6.54 Å². The van der Waals surface area contributed by atoms with Crippen molar-refractivity contribution in [3.05, 3.63) is 60.5 Å². The summed E-state index contributed by atoms with van der Waals surface area (Å²) in [4.78, 5) is 19.0.